The Kier molecular flexibility index (Phi) is 4.70. The van der Waals surface area contributed by atoms with Crippen molar-refractivity contribution >= 4 is 24.2 Å². The number of halogens is 4. The van der Waals surface area contributed by atoms with Crippen LogP contribution in [0.4, 0.5) is 23.2 Å². The zero-order valence-electron chi connectivity index (χ0n) is 15.3. The largest absolute Gasteiger partial charge is 0.488 e. The smallest absolute Gasteiger partial charge is 0.423 e. The molecule has 4 nitrogen and oxygen atoms in total. The van der Waals surface area contributed by atoms with Gasteiger partial charge in [0, 0.05) is 12.8 Å². The quantitative estimate of drug-likeness (QED) is 0.542. The second kappa shape index (κ2) is 6.85. The molecule has 3 N–H and O–H groups in total. The minimum atomic E-state index is -2.82. The van der Waals surface area contributed by atoms with E-state index in [2.05, 4.69) is 5.32 Å². The van der Waals surface area contributed by atoms with Gasteiger partial charge in [-0.15, -0.1) is 0 Å². The molecule has 1 heterocycles. The summed E-state index contributed by atoms with van der Waals surface area (Å²) >= 11 is 0. The third-order valence-electron chi connectivity index (χ3n) is 6.11. The van der Waals surface area contributed by atoms with Gasteiger partial charge >= 0.3 is 7.12 Å². The number of fused-ring (bicyclic) bond motifs is 1. The first kappa shape index (κ1) is 19.9. The summed E-state index contributed by atoms with van der Waals surface area (Å²) in [6.45, 7) is 0. The molecule has 9 heteroatoms. The fourth-order valence-corrected chi connectivity index (χ4v) is 4.65. The summed E-state index contributed by atoms with van der Waals surface area (Å²) in [5.74, 6) is -6.30. The molecule has 0 bridgehead atoms. The highest BCUT2D eigenvalue weighted by Crippen LogP contribution is 2.54. The van der Waals surface area contributed by atoms with Gasteiger partial charge in [0.15, 0.2) is 11.6 Å². The molecule has 2 aromatic rings. The number of carbonyl (C=O) groups is 1. The van der Waals surface area contributed by atoms with Gasteiger partial charge in [-0.2, -0.15) is 0 Å². The first-order valence-electron chi connectivity index (χ1n) is 9.31. The molecule has 29 heavy (non-hydrogen) atoms. The van der Waals surface area contributed by atoms with E-state index in [4.69, 9.17) is 0 Å². The summed E-state index contributed by atoms with van der Waals surface area (Å²) in [4.78, 5) is 13.2. The van der Waals surface area contributed by atoms with E-state index in [1.54, 1.807) is 0 Å². The van der Waals surface area contributed by atoms with Crippen LogP contribution in [0.3, 0.4) is 0 Å². The number of rotatable bonds is 3. The molecule has 0 aromatic heterocycles. The van der Waals surface area contributed by atoms with Gasteiger partial charge < -0.3 is 15.4 Å². The summed E-state index contributed by atoms with van der Waals surface area (Å²) in [6, 6.07) is 8.04. The van der Waals surface area contributed by atoms with Gasteiger partial charge in [-0.05, 0) is 41.4 Å². The van der Waals surface area contributed by atoms with Crippen molar-refractivity contribution in [3.05, 3.63) is 59.2 Å². The lowest BCUT2D eigenvalue weighted by molar-refractivity contribution is -0.123. The van der Waals surface area contributed by atoms with Crippen molar-refractivity contribution in [1.29, 1.82) is 0 Å². The van der Waals surface area contributed by atoms with Crippen LogP contribution < -0.4 is 10.8 Å². The molecular formula is C20H18BF4NO3. The lowest BCUT2D eigenvalue weighted by atomic mass is 9.61. The first-order valence-corrected chi connectivity index (χ1v) is 9.31. The highest BCUT2D eigenvalue weighted by atomic mass is 19.3. The number of hydrogen-bond donors (Lipinski definition) is 3. The van der Waals surface area contributed by atoms with Crippen molar-refractivity contribution in [3.8, 4) is 0 Å². The van der Waals surface area contributed by atoms with Crippen molar-refractivity contribution in [1.82, 2.24) is 0 Å². The molecule has 2 aliphatic rings. The highest BCUT2D eigenvalue weighted by molar-refractivity contribution is 6.58. The van der Waals surface area contributed by atoms with Crippen LogP contribution in [0.5, 0.6) is 0 Å². The van der Waals surface area contributed by atoms with Crippen molar-refractivity contribution in [2.24, 2.45) is 5.92 Å². The molecule has 4 rings (SSSR count). The van der Waals surface area contributed by atoms with E-state index < -0.39 is 54.8 Å². The predicted octanol–water partition coefficient (Wildman–Crippen LogP) is 2.71. The van der Waals surface area contributed by atoms with E-state index >= 15 is 0 Å². The lowest BCUT2D eigenvalue weighted by Crippen LogP contribution is -2.46. The maximum Gasteiger partial charge on any atom is 0.488 e. The Bertz CT molecular complexity index is 957. The fraction of sp³-hybridized carbons (Fsp3) is 0.350. The van der Waals surface area contributed by atoms with Gasteiger partial charge in [0.05, 0.1) is 5.69 Å². The second-order valence-corrected chi connectivity index (χ2v) is 7.67. The van der Waals surface area contributed by atoms with E-state index in [0.717, 1.165) is 6.07 Å². The third kappa shape index (κ3) is 3.03. The molecular weight excluding hydrogens is 389 g/mol. The number of carbonyl (C=O) groups excluding carboxylic acids is 1. The number of hydrogen-bond acceptors (Lipinski definition) is 3. The van der Waals surface area contributed by atoms with E-state index in [1.807, 2.05) is 0 Å². The van der Waals surface area contributed by atoms with Crippen LogP contribution in [0.1, 0.15) is 36.8 Å². The van der Waals surface area contributed by atoms with Gasteiger partial charge in [0.25, 0.3) is 0 Å². The average Bonchev–Trinajstić information content (AvgIpc) is 2.98. The van der Waals surface area contributed by atoms with Crippen LogP contribution in [-0.4, -0.2) is 29.0 Å². The van der Waals surface area contributed by atoms with E-state index in [9.17, 15) is 32.4 Å². The zero-order valence-corrected chi connectivity index (χ0v) is 15.3. The standard InChI is InChI=1S/C20H18BF4NO3/c22-15-6-5-14-17(16(15)23)26-18(27)20(14,12-7-9-19(24,25)10-8-12)11-1-3-13(4-2-11)21(28)29/h1-6,12,28-29H,7-10H2,(H,26,27)/t20-/m0/s1. The zero-order chi connectivity index (χ0) is 21.0. The van der Waals surface area contributed by atoms with E-state index in [0.29, 0.717) is 5.56 Å². The van der Waals surface area contributed by atoms with Crippen molar-refractivity contribution in [2.45, 2.75) is 37.0 Å². The molecule has 1 amide bonds. The van der Waals surface area contributed by atoms with Crippen LogP contribution in [0, 0.1) is 17.6 Å². The topological polar surface area (TPSA) is 69.6 Å². The number of anilines is 1. The third-order valence-corrected chi connectivity index (χ3v) is 6.11. The summed E-state index contributed by atoms with van der Waals surface area (Å²) < 4.78 is 55.7. The summed E-state index contributed by atoms with van der Waals surface area (Å²) in [6.07, 6.45) is -0.745. The van der Waals surface area contributed by atoms with E-state index in [1.165, 1.54) is 30.3 Å². The molecule has 152 valence electrons. The van der Waals surface area contributed by atoms with E-state index in [-0.39, 0.29) is 29.6 Å². The van der Waals surface area contributed by atoms with Gasteiger partial charge in [0.1, 0.15) is 5.41 Å². The Hall–Kier alpha value is -2.39. The van der Waals surface area contributed by atoms with Gasteiger partial charge in [-0.3, -0.25) is 4.79 Å². The Labute approximate surface area is 164 Å². The van der Waals surface area contributed by atoms with Crippen LogP contribution in [0.25, 0.3) is 0 Å². The number of nitrogens with one attached hydrogen (secondary N) is 1. The van der Waals surface area contributed by atoms with Gasteiger partial charge in [-0.1, -0.05) is 30.3 Å². The normalized spacial score (nSPS) is 23.6. The second-order valence-electron chi connectivity index (χ2n) is 7.67. The molecule has 0 radical (unpaired) electrons. The molecule has 0 saturated heterocycles. The molecule has 1 aliphatic heterocycles. The van der Waals surface area contributed by atoms with Gasteiger partial charge in [-0.25, -0.2) is 17.6 Å². The minimum absolute atomic E-state index is 0.0310. The Morgan fingerprint density at radius 1 is 1.00 bits per heavy atom. The molecule has 0 spiro atoms. The molecule has 0 unspecified atom stereocenters. The van der Waals surface area contributed by atoms with Crippen LogP contribution in [0.15, 0.2) is 36.4 Å². The van der Waals surface area contributed by atoms with Crippen molar-refractivity contribution in [2.75, 3.05) is 5.32 Å². The molecule has 1 fully saturated rings. The van der Waals surface area contributed by atoms with Crippen LogP contribution >= 0.6 is 0 Å². The Morgan fingerprint density at radius 2 is 1.62 bits per heavy atom. The number of amides is 1. The maximum absolute atomic E-state index is 14.4. The summed E-state index contributed by atoms with van der Waals surface area (Å²) in [5, 5.41) is 21.1. The van der Waals surface area contributed by atoms with Crippen LogP contribution in [0.2, 0.25) is 0 Å². The van der Waals surface area contributed by atoms with Crippen molar-refractivity contribution < 1.29 is 32.4 Å². The Balaban J connectivity index is 1.90. The van der Waals surface area contributed by atoms with Gasteiger partial charge in [0.2, 0.25) is 11.8 Å². The summed E-state index contributed by atoms with van der Waals surface area (Å²) in [5.41, 5.74) is -0.964. The fourth-order valence-electron chi connectivity index (χ4n) is 4.65. The minimum Gasteiger partial charge on any atom is -0.423 e. The number of benzene rings is 2. The first-order chi connectivity index (χ1) is 13.7. The monoisotopic (exact) mass is 407 g/mol. The lowest BCUT2D eigenvalue weighted by Gasteiger charge is -2.40. The molecule has 1 saturated carbocycles. The molecule has 2 aromatic carbocycles. The molecule has 1 atom stereocenters. The van der Waals surface area contributed by atoms with Crippen molar-refractivity contribution in [3.63, 3.8) is 0 Å². The maximum atomic E-state index is 14.4. The predicted molar refractivity (Wildman–Crippen MR) is 98.9 cm³/mol. The average molecular weight is 407 g/mol. The SMILES string of the molecule is O=C1Nc2c(ccc(F)c2F)[C@]1(c1ccc(B(O)O)cc1)C1CCC(F)(F)CC1. The number of alkyl halides is 2. The summed E-state index contributed by atoms with van der Waals surface area (Å²) in [7, 11) is -1.72. The van der Waals surface area contributed by atoms with Crippen LogP contribution in [-0.2, 0) is 10.2 Å². The molecule has 1 aliphatic carbocycles. The highest BCUT2D eigenvalue weighted by Gasteiger charge is 2.56. The Morgan fingerprint density at radius 3 is 2.21 bits per heavy atom.